The highest BCUT2D eigenvalue weighted by Crippen LogP contribution is 2.25. The molecule has 1 rings (SSSR count). The van der Waals surface area contributed by atoms with E-state index in [2.05, 4.69) is 38.0 Å². The minimum Gasteiger partial charge on any atom is -0.314 e. The highest BCUT2D eigenvalue weighted by atomic mass is 15.2. The van der Waals surface area contributed by atoms with Gasteiger partial charge >= 0.3 is 0 Å². The zero-order valence-corrected chi connectivity index (χ0v) is 10.2. The Hall–Kier alpha value is -0.0800. The molecule has 0 amide bonds. The van der Waals surface area contributed by atoms with E-state index in [4.69, 9.17) is 0 Å². The van der Waals surface area contributed by atoms with Crippen molar-refractivity contribution < 1.29 is 0 Å². The molecule has 0 aromatic carbocycles. The summed E-state index contributed by atoms with van der Waals surface area (Å²) in [6, 6.07) is 2.32. The number of hydrogen-bond donors (Lipinski definition) is 1. The number of rotatable bonds is 5. The lowest BCUT2D eigenvalue weighted by molar-refractivity contribution is 0.180. The summed E-state index contributed by atoms with van der Waals surface area (Å²) in [7, 11) is 2.28. The quantitative estimate of drug-likeness (QED) is 0.729. The number of nitrogens with one attached hydrogen (secondary N) is 1. The monoisotopic (exact) mass is 198 g/mol. The normalized spacial score (nSPS) is 29.8. The van der Waals surface area contributed by atoms with Crippen molar-refractivity contribution in [1.29, 1.82) is 0 Å². The Morgan fingerprint density at radius 1 is 1.36 bits per heavy atom. The molecule has 0 spiro atoms. The van der Waals surface area contributed by atoms with E-state index in [9.17, 15) is 0 Å². The molecule has 0 heterocycles. The summed E-state index contributed by atoms with van der Waals surface area (Å²) in [5.41, 5.74) is 0. The Morgan fingerprint density at radius 3 is 2.64 bits per heavy atom. The van der Waals surface area contributed by atoms with Gasteiger partial charge in [-0.2, -0.15) is 0 Å². The molecule has 0 aromatic rings. The standard InChI is InChI=1S/C12H26N2/c1-5-10(3)14(4)12-8-7-11(9-12)13-6-2/h10-13H,5-9H2,1-4H3. The maximum atomic E-state index is 3.56. The zero-order chi connectivity index (χ0) is 10.6. The fourth-order valence-electron chi connectivity index (χ4n) is 2.45. The summed E-state index contributed by atoms with van der Waals surface area (Å²) in [5, 5.41) is 3.56. The van der Waals surface area contributed by atoms with Gasteiger partial charge in [-0.1, -0.05) is 13.8 Å². The zero-order valence-electron chi connectivity index (χ0n) is 10.2. The van der Waals surface area contributed by atoms with Crippen LogP contribution in [0.5, 0.6) is 0 Å². The van der Waals surface area contributed by atoms with Crippen LogP contribution in [0.3, 0.4) is 0 Å². The molecule has 3 unspecified atom stereocenters. The van der Waals surface area contributed by atoms with Crippen LogP contribution in [0.2, 0.25) is 0 Å². The first-order valence-electron chi connectivity index (χ1n) is 6.14. The Labute approximate surface area is 89.1 Å². The maximum Gasteiger partial charge on any atom is 0.0110 e. The van der Waals surface area contributed by atoms with Gasteiger partial charge in [0.25, 0.3) is 0 Å². The van der Waals surface area contributed by atoms with Gasteiger partial charge in [0.15, 0.2) is 0 Å². The summed E-state index contributed by atoms with van der Waals surface area (Å²) in [6.07, 6.45) is 5.34. The van der Waals surface area contributed by atoms with Crippen LogP contribution in [0.1, 0.15) is 46.5 Å². The molecule has 14 heavy (non-hydrogen) atoms. The molecule has 3 atom stereocenters. The van der Waals surface area contributed by atoms with Crippen LogP contribution in [0, 0.1) is 0 Å². The summed E-state index contributed by atoms with van der Waals surface area (Å²) >= 11 is 0. The van der Waals surface area contributed by atoms with Gasteiger partial charge in [-0.05, 0) is 46.2 Å². The van der Waals surface area contributed by atoms with E-state index >= 15 is 0 Å². The van der Waals surface area contributed by atoms with E-state index in [-0.39, 0.29) is 0 Å². The van der Waals surface area contributed by atoms with Crippen molar-refractivity contribution in [3.8, 4) is 0 Å². The molecular weight excluding hydrogens is 172 g/mol. The fraction of sp³-hybridized carbons (Fsp3) is 1.00. The summed E-state index contributed by atoms with van der Waals surface area (Å²) in [5.74, 6) is 0. The van der Waals surface area contributed by atoms with E-state index in [1.807, 2.05) is 0 Å². The molecule has 0 saturated heterocycles. The molecule has 0 aliphatic heterocycles. The molecule has 2 nitrogen and oxygen atoms in total. The topological polar surface area (TPSA) is 15.3 Å². The van der Waals surface area contributed by atoms with Crippen LogP contribution in [0.4, 0.5) is 0 Å². The van der Waals surface area contributed by atoms with Crippen molar-refractivity contribution in [3.05, 3.63) is 0 Å². The third kappa shape index (κ3) is 2.96. The van der Waals surface area contributed by atoms with Gasteiger partial charge in [-0.3, -0.25) is 0 Å². The van der Waals surface area contributed by atoms with Gasteiger partial charge in [0, 0.05) is 18.1 Å². The van der Waals surface area contributed by atoms with Crippen LogP contribution in [-0.4, -0.2) is 36.6 Å². The molecule has 0 aromatic heterocycles. The lowest BCUT2D eigenvalue weighted by Gasteiger charge is -2.30. The third-order valence-electron chi connectivity index (χ3n) is 3.76. The lowest BCUT2D eigenvalue weighted by atomic mass is 10.1. The van der Waals surface area contributed by atoms with E-state index in [0.29, 0.717) is 0 Å². The molecule has 0 bridgehead atoms. The largest absolute Gasteiger partial charge is 0.314 e. The molecule has 1 saturated carbocycles. The summed E-state index contributed by atoms with van der Waals surface area (Å²) in [6.45, 7) is 7.93. The molecule has 0 radical (unpaired) electrons. The minimum absolute atomic E-state index is 0.736. The minimum atomic E-state index is 0.736. The number of nitrogens with zero attached hydrogens (tertiary/aromatic N) is 1. The van der Waals surface area contributed by atoms with Crippen molar-refractivity contribution in [2.45, 2.75) is 64.6 Å². The van der Waals surface area contributed by atoms with Gasteiger partial charge in [0.1, 0.15) is 0 Å². The molecule has 1 aliphatic carbocycles. The SMILES string of the molecule is CCNC1CCC(N(C)C(C)CC)C1. The highest BCUT2D eigenvalue weighted by Gasteiger charge is 2.28. The van der Waals surface area contributed by atoms with Gasteiger partial charge in [0.2, 0.25) is 0 Å². The number of hydrogen-bond acceptors (Lipinski definition) is 2. The van der Waals surface area contributed by atoms with E-state index < -0.39 is 0 Å². The van der Waals surface area contributed by atoms with Gasteiger partial charge in [0.05, 0.1) is 0 Å². The maximum absolute atomic E-state index is 3.56. The van der Waals surface area contributed by atoms with Crippen LogP contribution in [-0.2, 0) is 0 Å². The fourth-order valence-corrected chi connectivity index (χ4v) is 2.45. The lowest BCUT2D eigenvalue weighted by Crippen LogP contribution is -2.38. The molecule has 2 heteroatoms. The predicted molar refractivity (Wildman–Crippen MR) is 62.6 cm³/mol. The van der Waals surface area contributed by atoms with Gasteiger partial charge in [-0.15, -0.1) is 0 Å². The predicted octanol–water partition coefficient (Wildman–Crippen LogP) is 2.25. The van der Waals surface area contributed by atoms with Gasteiger partial charge < -0.3 is 10.2 Å². The Bertz CT molecular complexity index is 158. The van der Waals surface area contributed by atoms with Crippen molar-refractivity contribution in [3.63, 3.8) is 0 Å². The van der Waals surface area contributed by atoms with E-state index in [0.717, 1.165) is 24.7 Å². The third-order valence-corrected chi connectivity index (χ3v) is 3.76. The van der Waals surface area contributed by atoms with Crippen molar-refractivity contribution in [2.24, 2.45) is 0 Å². The molecule has 1 aliphatic rings. The van der Waals surface area contributed by atoms with E-state index in [1.54, 1.807) is 0 Å². The van der Waals surface area contributed by atoms with Crippen LogP contribution < -0.4 is 5.32 Å². The Kier molecular flexibility index (Phi) is 4.90. The highest BCUT2D eigenvalue weighted by molar-refractivity contribution is 4.86. The Balaban J connectivity index is 2.33. The van der Waals surface area contributed by atoms with E-state index in [1.165, 1.54) is 25.7 Å². The second kappa shape index (κ2) is 5.72. The molecule has 1 N–H and O–H groups in total. The first kappa shape index (κ1) is 12.0. The van der Waals surface area contributed by atoms with Crippen molar-refractivity contribution >= 4 is 0 Å². The smallest absolute Gasteiger partial charge is 0.0110 e. The van der Waals surface area contributed by atoms with Crippen LogP contribution in [0.25, 0.3) is 0 Å². The second-order valence-electron chi connectivity index (χ2n) is 4.64. The second-order valence-corrected chi connectivity index (χ2v) is 4.64. The van der Waals surface area contributed by atoms with Crippen molar-refractivity contribution in [1.82, 2.24) is 10.2 Å². The average Bonchev–Trinajstić information content (AvgIpc) is 2.64. The first-order valence-corrected chi connectivity index (χ1v) is 6.14. The Morgan fingerprint density at radius 2 is 2.07 bits per heavy atom. The molecular formula is C12H26N2. The van der Waals surface area contributed by atoms with Crippen LogP contribution >= 0.6 is 0 Å². The van der Waals surface area contributed by atoms with Crippen LogP contribution in [0.15, 0.2) is 0 Å². The molecule has 1 fully saturated rings. The summed E-state index contributed by atoms with van der Waals surface area (Å²) < 4.78 is 0. The summed E-state index contributed by atoms with van der Waals surface area (Å²) in [4.78, 5) is 2.57. The first-order chi connectivity index (χ1) is 6.69. The molecule has 84 valence electrons. The average molecular weight is 198 g/mol. The van der Waals surface area contributed by atoms with Gasteiger partial charge in [-0.25, -0.2) is 0 Å². The van der Waals surface area contributed by atoms with Crippen molar-refractivity contribution in [2.75, 3.05) is 13.6 Å².